The Hall–Kier alpha value is -2.55. The Morgan fingerprint density at radius 2 is 1.97 bits per heavy atom. The monoisotopic (exact) mass is 475 g/mol. The van der Waals surface area contributed by atoms with E-state index in [0.717, 1.165) is 42.2 Å². The second-order valence-electron chi connectivity index (χ2n) is 9.97. The predicted molar refractivity (Wildman–Crippen MR) is 123 cm³/mol. The third-order valence-corrected chi connectivity index (χ3v) is 8.88. The quantitative estimate of drug-likeness (QED) is 0.626. The molecular weight excluding hydrogens is 446 g/mol. The van der Waals surface area contributed by atoms with Crippen LogP contribution in [0.25, 0.3) is 11.0 Å². The Labute approximate surface area is 192 Å². The van der Waals surface area contributed by atoms with Gasteiger partial charge in [-0.25, -0.2) is 13.2 Å². The predicted octanol–water partition coefficient (Wildman–Crippen LogP) is 2.41. The fourth-order valence-electron chi connectivity index (χ4n) is 5.19. The Morgan fingerprint density at radius 3 is 2.70 bits per heavy atom. The molecule has 178 valence electrons. The Balaban J connectivity index is 1.50. The molecule has 3 heterocycles. The molecular formula is C24H29NO7S. The van der Waals surface area contributed by atoms with Gasteiger partial charge in [-0.3, -0.25) is 4.79 Å². The smallest absolute Gasteiger partial charge is 0.339 e. The van der Waals surface area contributed by atoms with Crippen molar-refractivity contribution in [1.29, 1.82) is 0 Å². The first-order valence-corrected chi connectivity index (χ1v) is 13.3. The van der Waals surface area contributed by atoms with Gasteiger partial charge in [-0.1, -0.05) is 0 Å². The summed E-state index contributed by atoms with van der Waals surface area (Å²) in [5.74, 6) is 0.864. The van der Waals surface area contributed by atoms with Crippen LogP contribution in [0.1, 0.15) is 49.8 Å². The van der Waals surface area contributed by atoms with E-state index in [4.69, 9.17) is 13.9 Å². The van der Waals surface area contributed by atoms with Crippen molar-refractivity contribution in [3.05, 3.63) is 33.2 Å². The lowest BCUT2D eigenvalue weighted by Crippen LogP contribution is -2.40. The van der Waals surface area contributed by atoms with Crippen molar-refractivity contribution in [2.75, 3.05) is 25.2 Å². The number of nitrogens with zero attached hydrogens (tertiary/aromatic N) is 1. The summed E-state index contributed by atoms with van der Waals surface area (Å²) in [6, 6.07) is 1.47. The summed E-state index contributed by atoms with van der Waals surface area (Å²) in [6.07, 6.45) is 4.26. The number of carbonyl (C=O) groups excluding carboxylic acids is 1. The lowest BCUT2D eigenvalue weighted by Gasteiger charge is -2.33. The van der Waals surface area contributed by atoms with Gasteiger partial charge in [0.25, 0.3) is 5.91 Å². The molecule has 2 aromatic rings. The minimum atomic E-state index is -3.10. The largest absolute Gasteiger partial charge is 0.487 e. The van der Waals surface area contributed by atoms with Gasteiger partial charge in [-0.15, -0.1) is 0 Å². The number of likely N-dealkylation sites (N-methyl/N-ethyl adjacent to an activating group) is 1. The van der Waals surface area contributed by atoms with Crippen LogP contribution < -0.4 is 15.1 Å². The Bertz CT molecular complexity index is 1310. The third-order valence-electron chi connectivity index (χ3n) is 7.13. The minimum absolute atomic E-state index is 0.0153. The molecule has 1 saturated heterocycles. The second-order valence-corrected chi connectivity index (χ2v) is 12.2. The summed E-state index contributed by atoms with van der Waals surface area (Å²) in [5.41, 5.74) is 2.31. The van der Waals surface area contributed by atoms with Gasteiger partial charge in [-0.2, -0.15) is 0 Å². The lowest BCUT2D eigenvalue weighted by atomic mass is 9.91. The molecule has 5 rings (SSSR count). The SMILES string of the molecule is CN(C(=O)COc1cc2c(c3oc(=O)c4c(c13)CCC4)CCC(C)(C)O2)[C@@H]1CCS(=O)(=O)C1. The van der Waals surface area contributed by atoms with E-state index >= 15 is 0 Å². The van der Waals surface area contributed by atoms with Crippen molar-refractivity contribution < 1.29 is 27.1 Å². The molecule has 0 unspecified atom stereocenters. The van der Waals surface area contributed by atoms with Crippen LogP contribution in [-0.4, -0.2) is 56.0 Å². The maximum Gasteiger partial charge on any atom is 0.339 e. The summed E-state index contributed by atoms with van der Waals surface area (Å²) in [5, 5.41) is 0.753. The number of benzene rings is 1. The van der Waals surface area contributed by atoms with Gasteiger partial charge >= 0.3 is 5.63 Å². The van der Waals surface area contributed by atoms with Crippen LogP contribution in [0.3, 0.4) is 0 Å². The van der Waals surface area contributed by atoms with E-state index in [9.17, 15) is 18.0 Å². The van der Waals surface area contributed by atoms with Crippen LogP contribution >= 0.6 is 0 Å². The topological polar surface area (TPSA) is 103 Å². The van der Waals surface area contributed by atoms with Crippen LogP contribution in [0, 0.1) is 0 Å². The maximum absolute atomic E-state index is 12.8. The van der Waals surface area contributed by atoms with E-state index in [1.807, 2.05) is 19.9 Å². The summed E-state index contributed by atoms with van der Waals surface area (Å²) in [7, 11) is -1.48. The summed E-state index contributed by atoms with van der Waals surface area (Å²) in [4.78, 5) is 26.9. The first-order chi connectivity index (χ1) is 15.5. The van der Waals surface area contributed by atoms with Crippen LogP contribution in [0.4, 0.5) is 0 Å². The van der Waals surface area contributed by atoms with E-state index in [1.165, 1.54) is 4.90 Å². The number of hydrogen-bond acceptors (Lipinski definition) is 7. The highest BCUT2D eigenvalue weighted by Gasteiger charge is 2.34. The van der Waals surface area contributed by atoms with Crippen molar-refractivity contribution in [2.24, 2.45) is 0 Å². The zero-order valence-corrected chi connectivity index (χ0v) is 20.0. The molecule has 33 heavy (non-hydrogen) atoms. The van der Waals surface area contributed by atoms with Crippen molar-refractivity contribution in [1.82, 2.24) is 4.90 Å². The van der Waals surface area contributed by atoms with Crippen molar-refractivity contribution >= 4 is 26.7 Å². The van der Waals surface area contributed by atoms with Crippen molar-refractivity contribution in [3.8, 4) is 11.5 Å². The van der Waals surface area contributed by atoms with Gasteiger partial charge in [-0.05, 0) is 57.9 Å². The second kappa shape index (κ2) is 7.75. The number of ether oxygens (including phenoxy) is 2. The molecule has 1 aromatic heterocycles. The number of fused-ring (bicyclic) bond motifs is 5. The highest BCUT2D eigenvalue weighted by Crippen LogP contribution is 2.44. The maximum atomic E-state index is 12.8. The molecule has 1 amide bonds. The molecule has 0 bridgehead atoms. The van der Waals surface area contributed by atoms with Crippen molar-refractivity contribution in [2.45, 2.75) is 64.0 Å². The van der Waals surface area contributed by atoms with Gasteiger partial charge in [0.2, 0.25) is 0 Å². The molecule has 2 aliphatic heterocycles. The van der Waals surface area contributed by atoms with Gasteiger partial charge in [0.1, 0.15) is 22.7 Å². The Morgan fingerprint density at radius 1 is 1.21 bits per heavy atom. The fourth-order valence-corrected chi connectivity index (χ4v) is 6.97. The van der Waals surface area contributed by atoms with E-state index in [-0.39, 0.29) is 41.3 Å². The average molecular weight is 476 g/mol. The Kier molecular flexibility index (Phi) is 5.23. The van der Waals surface area contributed by atoms with Crippen LogP contribution in [0.15, 0.2) is 15.3 Å². The minimum Gasteiger partial charge on any atom is -0.487 e. The summed E-state index contributed by atoms with van der Waals surface area (Å²) < 4.78 is 41.6. The van der Waals surface area contributed by atoms with E-state index in [2.05, 4.69) is 0 Å². The molecule has 1 aliphatic carbocycles. The van der Waals surface area contributed by atoms with Gasteiger partial charge < -0.3 is 18.8 Å². The lowest BCUT2D eigenvalue weighted by molar-refractivity contribution is -0.133. The van der Waals surface area contributed by atoms with Crippen molar-refractivity contribution in [3.63, 3.8) is 0 Å². The molecule has 1 atom stereocenters. The van der Waals surface area contributed by atoms with E-state index in [0.29, 0.717) is 35.5 Å². The molecule has 0 spiro atoms. The first kappa shape index (κ1) is 22.3. The number of hydrogen-bond donors (Lipinski definition) is 0. The standard InChI is InChI=1S/C24H29NO7S/c1-24(2)9-7-17-18(32-24)11-19(21-15-5-4-6-16(15)23(27)31-22(17)21)30-12-20(26)25(3)14-8-10-33(28,29)13-14/h11,14H,4-10,12-13H2,1-3H3/t14-/m1/s1. The van der Waals surface area contributed by atoms with E-state index < -0.39 is 9.84 Å². The van der Waals surface area contributed by atoms with Gasteiger partial charge in [0.15, 0.2) is 16.4 Å². The first-order valence-electron chi connectivity index (χ1n) is 11.5. The molecule has 3 aliphatic rings. The van der Waals surface area contributed by atoms with Gasteiger partial charge in [0.05, 0.1) is 16.9 Å². The van der Waals surface area contributed by atoms with Crippen LogP contribution in [-0.2, 0) is 33.9 Å². The number of sulfone groups is 1. The van der Waals surface area contributed by atoms with Crippen LogP contribution in [0.2, 0.25) is 0 Å². The average Bonchev–Trinajstić information content (AvgIpc) is 3.37. The highest BCUT2D eigenvalue weighted by atomic mass is 32.2. The fraction of sp³-hybridized carbons (Fsp3) is 0.583. The normalized spacial score (nSPS) is 22.5. The van der Waals surface area contributed by atoms with Crippen LogP contribution in [0.5, 0.6) is 11.5 Å². The molecule has 0 radical (unpaired) electrons. The zero-order chi connectivity index (χ0) is 23.5. The zero-order valence-electron chi connectivity index (χ0n) is 19.2. The number of amides is 1. The summed E-state index contributed by atoms with van der Waals surface area (Å²) >= 11 is 0. The molecule has 1 fully saturated rings. The van der Waals surface area contributed by atoms with Gasteiger partial charge in [0, 0.05) is 30.3 Å². The summed E-state index contributed by atoms with van der Waals surface area (Å²) in [6.45, 7) is 3.78. The molecule has 1 aromatic carbocycles. The molecule has 0 saturated carbocycles. The third kappa shape index (κ3) is 4.00. The molecule has 8 nitrogen and oxygen atoms in total. The number of aryl methyl sites for hydroxylation is 2. The molecule has 9 heteroatoms. The molecule has 0 N–H and O–H groups in total. The number of rotatable bonds is 4. The van der Waals surface area contributed by atoms with E-state index in [1.54, 1.807) is 7.05 Å². The number of carbonyl (C=O) groups is 1. The highest BCUT2D eigenvalue weighted by molar-refractivity contribution is 7.91.